The lowest BCUT2D eigenvalue weighted by molar-refractivity contribution is -0.121. The smallest absolute Gasteiger partial charge is 0.133 e. The van der Waals surface area contributed by atoms with Gasteiger partial charge in [0.05, 0.1) is 6.10 Å². The average Bonchev–Trinajstić information content (AvgIpc) is 3.92. The summed E-state index contributed by atoms with van der Waals surface area (Å²) in [5, 5.41) is 13.6. The van der Waals surface area contributed by atoms with E-state index in [1.54, 1.807) is 0 Å². The van der Waals surface area contributed by atoms with Gasteiger partial charge in [0.25, 0.3) is 0 Å². The number of nitrogens with one attached hydrogen (secondary N) is 1. The standard InChI is InChI=1S/C18H30O2.C12H21N.C7H12.C4H10.3C2H6.CH4/c19-16(10-13-4-1-2-5-13)11-14-8-9-15-6-3-7-18(20)17(15)12-14;1-10-2-3-11(8-10)4-5-12-6-7-13-9-12;1-7-5-3-2-4-6-7;1-4(2)3;3*1-2;/h13-15,17-18,20H,1-12H2;11-13H,1-9H2;1-6H2;4H,1-3H3;3*1-2H3;1H4. The van der Waals surface area contributed by atoms with Crippen LogP contribution in [0.25, 0.3) is 0 Å². The fraction of sp³-hybridized carbons (Fsp3) is 0.896. The fourth-order valence-corrected chi connectivity index (χ4v) is 8.87. The van der Waals surface area contributed by atoms with E-state index in [0.29, 0.717) is 23.5 Å². The monoisotopic (exact) mass is 718 g/mol. The van der Waals surface area contributed by atoms with E-state index in [9.17, 15) is 9.90 Å². The number of aliphatic hydroxyl groups is 1. The van der Waals surface area contributed by atoms with Crippen LogP contribution >= 0.6 is 0 Å². The Morgan fingerprint density at radius 1 is 0.667 bits per heavy atom. The SMILES string of the molecule is C.C=C1CCC(CCC2CCNC2)C1.C=C1CCCCC1.CC.CC.CC.CC(C)C.O=C(CC1CCCC1)CC1CCC2CCCC(O)C2C1. The van der Waals surface area contributed by atoms with E-state index >= 15 is 0 Å². The van der Waals surface area contributed by atoms with E-state index in [4.69, 9.17) is 0 Å². The van der Waals surface area contributed by atoms with Crippen LogP contribution in [0.3, 0.4) is 0 Å². The lowest BCUT2D eigenvalue weighted by Crippen LogP contribution is -2.37. The third-order valence-electron chi connectivity index (χ3n) is 11.4. The number of ketones is 1. The quantitative estimate of drug-likeness (QED) is 0.258. The minimum absolute atomic E-state index is 0. The van der Waals surface area contributed by atoms with Crippen molar-refractivity contribution in [2.24, 2.45) is 41.4 Å². The van der Waals surface area contributed by atoms with Gasteiger partial charge >= 0.3 is 0 Å². The molecule has 51 heavy (non-hydrogen) atoms. The Balaban J connectivity index is 0. The van der Waals surface area contributed by atoms with E-state index in [2.05, 4.69) is 39.2 Å². The Kier molecular flexibility index (Phi) is 34.4. The third kappa shape index (κ3) is 24.9. The van der Waals surface area contributed by atoms with Crippen molar-refractivity contribution in [3.63, 3.8) is 0 Å². The Bertz CT molecular complexity index is 810. The lowest BCUT2D eigenvalue weighted by atomic mass is 9.65. The molecule has 0 aromatic carbocycles. The number of allylic oxidation sites excluding steroid dienone is 2. The molecule has 0 aromatic heterocycles. The summed E-state index contributed by atoms with van der Waals surface area (Å²) in [5.41, 5.74) is 2.96. The molecule has 6 rings (SSSR count). The third-order valence-corrected chi connectivity index (χ3v) is 11.4. The van der Waals surface area contributed by atoms with E-state index < -0.39 is 0 Å². The summed E-state index contributed by atoms with van der Waals surface area (Å²) in [6.07, 6.45) is 29.0. The molecule has 6 atom stereocenters. The maximum atomic E-state index is 12.2. The van der Waals surface area contributed by atoms with E-state index in [1.165, 1.54) is 146 Å². The largest absolute Gasteiger partial charge is 0.393 e. The van der Waals surface area contributed by atoms with Crippen molar-refractivity contribution in [1.29, 1.82) is 0 Å². The molecule has 1 aliphatic heterocycles. The molecule has 3 nitrogen and oxygen atoms in total. The van der Waals surface area contributed by atoms with Gasteiger partial charge in [-0.1, -0.05) is 133 Å². The predicted octanol–water partition coefficient (Wildman–Crippen LogP) is 14.7. The number of hydrogen-bond donors (Lipinski definition) is 2. The molecule has 6 unspecified atom stereocenters. The van der Waals surface area contributed by atoms with Gasteiger partial charge in [-0.15, -0.1) is 0 Å². The fourth-order valence-electron chi connectivity index (χ4n) is 8.87. The van der Waals surface area contributed by atoms with Gasteiger partial charge in [-0.05, 0) is 151 Å². The summed E-state index contributed by atoms with van der Waals surface area (Å²) in [6, 6.07) is 0. The highest BCUT2D eigenvalue weighted by atomic mass is 16.3. The van der Waals surface area contributed by atoms with E-state index in [-0.39, 0.29) is 13.5 Å². The molecule has 1 heterocycles. The predicted molar refractivity (Wildman–Crippen MR) is 231 cm³/mol. The summed E-state index contributed by atoms with van der Waals surface area (Å²) >= 11 is 0. The summed E-state index contributed by atoms with van der Waals surface area (Å²) in [4.78, 5) is 12.2. The maximum absolute atomic E-state index is 12.2. The Morgan fingerprint density at radius 3 is 1.76 bits per heavy atom. The van der Waals surface area contributed by atoms with Gasteiger partial charge in [0.15, 0.2) is 0 Å². The number of fused-ring (bicyclic) bond motifs is 1. The zero-order chi connectivity index (χ0) is 37.7. The van der Waals surface area contributed by atoms with Gasteiger partial charge in [-0.25, -0.2) is 0 Å². The van der Waals surface area contributed by atoms with Crippen LogP contribution in [0.15, 0.2) is 24.3 Å². The van der Waals surface area contributed by atoms with Gasteiger partial charge in [-0.2, -0.15) is 0 Å². The number of carbonyl (C=O) groups is 1. The van der Waals surface area contributed by atoms with Crippen molar-refractivity contribution in [2.75, 3.05) is 13.1 Å². The van der Waals surface area contributed by atoms with Crippen molar-refractivity contribution >= 4 is 5.78 Å². The molecule has 0 bridgehead atoms. The molecule has 1 saturated heterocycles. The molecule has 304 valence electrons. The van der Waals surface area contributed by atoms with Gasteiger partial charge < -0.3 is 10.4 Å². The normalized spacial score (nSPS) is 28.1. The first kappa shape index (κ1) is 52.2. The first-order chi connectivity index (χ1) is 24.2. The van der Waals surface area contributed by atoms with Crippen molar-refractivity contribution in [2.45, 2.75) is 224 Å². The first-order valence-electron chi connectivity index (χ1n) is 22.4. The minimum Gasteiger partial charge on any atom is -0.393 e. The second-order valence-corrected chi connectivity index (χ2v) is 16.5. The molecule has 5 aliphatic carbocycles. The average molecular weight is 718 g/mol. The molecular weight excluding hydrogens is 623 g/mol. The number of Topliss-reactive ketones (excluding diaryl/α,β-unsaturated/α-hetero) is 1. The Morgan fingerprint density at radius 2 is 1.25 bits per heavy atom. The number of hydrogen-bond acceptors (Lipinski definition) is 3. The minimum atomic E-state index is -0.0820. The molecule has 0 radical (unpaired) electrons. The molecule has 6 fully saturated rings. The van der Waals surface area contributed by atoms with E-state index in [0.717, 1.165) is 49.4 Å². The summed E-state index contributed by atoms with van der Waals surface area (Å²) < 4.78 is 0. The summed E-state index contributed by atoms with van der Waals surface area (Å²) in [6.45, 7) is 29.0. The highest BCUT2D eigenvalue weighted by molar-refractivity contribution is 5.78. The number of rotatable bonds is 7. The van der Waals surface area contributed by atoms with Crippen molar-refractivity contribution in [3.05, 3.63) is 24.3 Å². The van der Waals surface area contributed by atoms with Gasteiger partial charge in [0.2, 0.25) is 0 Å². The molecule has 2 N–H and O–H groups in total. The van der Waals surface area contributed by atoms with Crippen LogP contribution in [0, 0.1) is 41.4 Å². The van der Waals surface area contributed by atoms with Crippen molar-refractivity contribution in [3.8, 4) is 0 Å². The molecular formula is C48H95NO2. The Hall–Kier alpha value is -0.930. The second-order valence-electron chi connectivity index (χ2n) is 16.5. The van der Waals surface area contributed by atoms with Crippen LogP contribution in [-0.2, 0) is 4.79 Å². The highest BCUT2D eigenvalue weighted by Crippen LogP contribution is 2.44. The first-order valence-corrected chi connectivity index (χ1v) is 22.4. The lowest BCUT2D eigenvalue weighted by Gasteiger charge is -2.42. The van der Waals surface area contributed by atoms with Gasteiger partial charge in [-0.3, -0.25) is 4.79 Å². The highest BCUT2D eigenvalue weighted by Gasteiger charge is 2.37. The zero-order valence-electron chi connectivity index (χ0n) is 35.6. The number of carbonyl (C=O) groups excluding carboxylic acids is 1. The van der Waals surface area contributed by atoms with Crippen molar-refractivity contribution < 1.29 is 9.90 Å². The second kappa shape index (κ2) is 33.6. The maximum Gasteiger partial charge on any atom is 0.133 e. The van der Waals surface area contributed by atoms with Crippen LogP contribution in [0.1, 0.15) is 217 Å². The summed E-state index contributed by atoms with van der Waals surface area (Å²) in [7, 11) is 0. The zero-order valence-corrected chi connectivity index (χ0v) is 35.6. The summed E-state index contributed by atoms with van der Waals surface area (Å²) in [5.74, 6) is 5.81. The molecule has 3 heteroatoms. The van der Waals surface area contributed by atoms with Crippen LogP contribution in [0.2, 0.25) is 0 Å². The van der Waals surface area contributed by atoms with Crippen LogP contribution in [-0.4, -0.2) is 30.1 Å². The van der Waals surface area contributed by atoms with Crippen LogP contribution in [0.5, 0.6) is 0 Å². The topological polar surface area (TPSA) is 49.3 Å². The molecule has 0 aromatic rings. The molecule has 5 saturated carbocycles. The molecule has 0 spiro atoms. The van der Waals surface area contributed by atoms with Crippen LogP contribution < -0.4 is 5.32 Å². The Labute approximate surface area is 322 Å². The molecule has 0 amide bonds. The molecule has 6 aliphatic rings. The van der Waals surface area contributed by atoms with E-state index in [1.807, 2.05) is 41.5 Å². The van der Waals surface area contributed by atoms with Gasteiger partial charge in [0, 0.05) is 12.8 Å². The van der Waals surface area contributed by atoms with Gasteiger partial charge in [0.1, 0.15) is 5.78 Å². The van der Waals surface area contributed by atoms with Crippen LogP contribution in [0.4, 0.5) is 0 Å². The van der Waals surface area contributed by atoms with Crippen molar-refractivity contribution in [1.82, 2.24) is 5.32 Å². The number of aliphatic hydroxyl groups excluding tert-OH is 1.